The maximum Gasteiger partial charge on any atom is 0.261 e. The summed E-state index contributed by atoms with van der Waals surface area (Å²) in [6, 6.07) is 1.47. The highest BCUT2D eigenvalue weighted by atomic mass is 32.2. The zero-order valence-corrected chi connectivity index (χ0v) is 16.4. The van der Waals surface area contributed by atoms with Gasteiger partial charge in [0, 0.05) is 25.5 Å². The van der Waals surface area contributed by atoms with E-state index in [0.717, 1.165) is 43.4 Å². The molecule has 25 heavy (non-hydrogen) atoms. The first-order valence-corrected chi connectivity index (χ1v) is 11.2. The molecule has 0 aromatic carbocycles. The van der Waals surface area contributed by atoms with Crippen molar-refractivity contribution in [2.75, 3.05) is 20.1 Å². The molecule has 0 spiro atoms. The summed E-state index contributed by atoms with van der Waals surface area (Å²) in [6.45, 7) is 2.94. The number of sulfonamides is 1. The Morgan fingerprint density at radius 1 is 1.40 bits per heavy atom. The van der Waals surface area contributed by atoms with Crippen LogP contribution in [-0.2, 0) is 14.8 Å². The molecule has 2 heterocycles. The first kappa shape index (κ1) is 18.8. The second kappa shape index (κ2) is 7.73. The highest BCUT2D eigenvalue weighted by Crippen LogP contribution is 2.38. The Bertz CT molecular complexity index is 712. The minimum atomic E-state index is -3.60. The van der Waals surface area contributed by atoms with Crippen LogP contribution in [0.2, 0.25) is 0 Å². The van der Waals surface area contributed by atoms with Crippen LogP contribution in [0, 0.1) is 5.92 Å². The van der Waals surface area contributed by atoms with E-state index in [1.165, 1.54) is 13.1 Å². The molecule has 6 nitrogen and oxygen atoms in total. The van der Waals surface area contributed by atoms with E-state index in [9.17, 15) is 13.2 Å². The average molecular weight is 387 g/mol. The number of thiophene rings is 1. The number of amides is 1. The Labute approximate surface area is 153 Å². The molecule has 3 rings (SSSR count). The smallest absolute Gasteiger partial charge is 0.261 e. The topological polar surface area (TPSA) is 75.7 Å². The molecule has 1 saturated carbocycles. The van der Waals surface area contributed by atoms with Gasteiger partial charge in [-0.3, -0.25) is 4.79 Å². The van der Waals surface area contributed by atoms with E-state index >= 15 is 0 Å². The fourth-order valence-corrected chi connectivity index (χ4v) is 5.89. The van der Waals surface area contributed by atoms with Gasteiger partial charge in [-0.15, -0.1) is 11.3 Å². The van der Waals surface area contributed by atoms with E-state index in [-0.39, 0.29) is 23.0 Å². The molecule has 0 bridgehead atoms. The van der Waals surface area contributed by atoms with Crippen molar-refractivity contribution in [2.45, 2.75) is 56.1 Å². The number of nitrogens with one attached hydrogen (secondary N) is 1. The zero-order valence-electron chi connectivity index (χ0n) is 14.7. The summed E-state index contributed by atoms with van der Waals surface area (Å²) in [5, 5.41) is 4.09. The van der Waals surface area contributed by atoms with Gasteiger partial charge in [0.25, 0.3) is 5.91 Å². The predicted octanol–water partition coefficient (Wildman–Crippen LogP) is 2.47. The molecular formula is C17H26N2O4S2. The number of nitrogens with zero attached hydrogens (tertiary/aromatic N) is 1. The molecular weight excluding hydrogens is 360 g/mol. The Morgan fingerprint density at radius 3 is 2.80 bits per heavy atom. The van der Waals surface area contributed by atoms with Crippen molar-refractivity contribution in [2.24, 2.45) is 5.92 Å². The van der Waals surface area contributed by atoms with Gasteiger partial charge in [0.2, 0.25) is 10.0 Å². The predicted molar refractivity (Wildman–Crippen MR) is 97.4 cm³/mol. The van der Waals surface area contributed by atoms with Crippen LogP contribution in [0.5, 0.6) is 0 Å². The van der Waals surface area contributed by atoms with Crippen LogP contribution < -0.4 is 5.32 Å². The summed E-state index contributed by atoms with van der Waals surface area (Å²) in [6.07, 6.45) is 5.21. The minimum absolute atomic E-state index is 0.00225. The maximum atomic E-state index is 13.1. The van der Waals surface area contributed by atoms with Crippen molar-refractivity contribution in [3.63, 3.8) is 0 Å². The summed E-state index contributed by atoms with van der Waals surface area (Å²) in [5.41, 5.74) is 0. The first-order chi connectivity index (χ1) is 12.0. The molecule has 0 unspecified atom stereocenters. The van der Waals surface area contributed by atoms with Crippen LogP contribution in [-0.4, -0.2) is 51.0 Å². The van der Waals surface area contributed by atoms with Crippen molar-refractivity contribution in [3.8, 4) is 0 Å². The summed E-state index contributed by atoms with van der Waals surface area (Å²) >= 11 is 1.16. The first-order valence-electron chi connectivity index (χ1n) is 8.92. The number of unbranched alkanes of at least 4 members (excludes halogenated alkanes) is 1. The van der Waals surface area contributed by atoms with E-state index in [0.29, 0.717) is 23.9 Å². The Hall–Kier alpha value is -0.960. The minimum Gasteiger partial charge on any atom is -0.372 e. The monoisotopic (exact) mass is 386 g/mol. The molecule has 1 aromatic heterocycles. The number of carbonyl (C=O) groups is 1. The van der Waals surface area contributed by atoms with Crippen LogP contribution in [0.3, 0.4) is 0 Å². The van der Waals surface area contributed by atoms with E-state index in [1.54, 1.807) is 9.69 Å². The van der Waals surface area contributed by atoms with Crippen molar-refractivity contribution in [1.29, 1.82) is 0 Å². The van der Waals surface area contributed by atoms with E-state index in [1.807, 2.05) is 0 Å². The van der Waals surface area contributed by atoms with Crippen LogP contribution in [0.15, 0.2) is 16.3 Å². The van der Waals surface area contributed by atoms with Gasteiger partial charge in [0.15, 0.2) is 0 Å². The number of rotatable bonds is 7. The lowest BCUT2D eigenvalue weighted by atomic mass is 10.1. The van der Waals surface area contributed by atoms with Crippen molar-refractivity contribution in [1.82, 2.24) is 9.62 Å². The largest absolute Gasteiger partial charge is 0.372 e. The quantitative estimate of drug-likeness (QED) is 0.781. The lowest BCUT2D eigenvalue weighted by molar-refractivity contribution is -0.0761. The molecule has 1 N–H and O–H groups in total. The Balaban J connectivity index is 1.79. The summed E-state index contributed by atoms with van der Waals surface area (Å²) in [5.74, 6) is 0.233. The molecule has 1 saturated heterocycles. The molecule has 2 atom stereocenters. The van der Waals surface area contributed by atoms with Gasteiger partial charge in [-0.25, -0.2) is 8.42 Å². The number of hydrogen-bond acceptors (Lipinski definition) is 5. The van der Waals surface area contributed by atoms with Crippen LogP contribution in [0.1, 0.15) is 48.7 Å². The van der Waals surface area contributed by atoms with Gasteiger partial charge in [-0.2, -0.15) is 4.31 Å². The fourth-order valence-electron chi connectivity index (χ4n) is 3.20. The summed E-state index contributed by atoms with van der Waals surface area (Å²) in [4.78, 5) is 12.3. The maximum absolute atomic E-state index is 13.1. The third kappa shape index (κ3) is 4.24. The number of carbonyl (C=O) groups excluding carboxylic acids is 1. The molecule has 2 aliphatic rings. The van der Waals surface area contributed by atoms with Crippen LogP contribution in [0.25, 0.3) is 0 Å². The summed E-state index contributed by atoms with van der Waals surface area (Å²) < 4.78 is 33.9. The molecule has 1 amide bonds. The van der Waals surface area contributed by atoms with Crippen molar-refractivity contribution < 1.29 is 17.9 Å². The fraction of sp³-hybridized carbons (Fsp3) is 0.706. The molecule has 1 aromatic rings. The normalized spacial score (nSPS) is 25.0. The van der Waals surface area contributed by atoms with Crippen molar-refractivity contribution in [3.05, 3.63) is 16.3 Å². The number of ether oxygens (including phenoxy) is 1. The Morgan fingerprint density at radius 2 is 2.16 bits per heavy atom. The second-order valence-electron chi connectivity index (χ2n) is 6.82. The standard InChI is InChI=1S/C17H26N2O4S2/c1-3-4-5-13-9-19(10-15(23-13)12-6-7-12)25(21,22)14-8-16(24-11-14)17(20)18-2/h8,11-13,15H,3-7,9-10H2,1-2H3,(H,18,20)/t13-,15-/m1/s1. The highest BCUT2D eigenvalue weighted by Gasteiger charge is 2.42. The zero-order chi connectivity index (χ0) is 18.0. The molecule has 2 fully saturated rings. The lowest BCUT2D eigenvalue weighted by Gasteiger charge is -2.37. The molecule has 8 heteroatoms. The SMILES string of the molecule is CCCC[C@@H]1CN(S(=O)(=O)c2csc(C(=O)NC)c2)C[C@H](C2CC2)O1. The molecule has 1 aliphatic heterocycles. The van der Waals surface area contributed by atoms with Gasteiger partial charge in [-0.1, -0.05) is 19.8 Å². The van der Waals surface area contributed by atoms with Gasteiger partial charge in [0.1, 0.15) is 0 Å². The van der Waals surface area contributed by atoms with E-state index in [4.69, 9.17) is 4.74 Å². The van der Waals surface area contributed by atoms with Gasteiger partial charge in [0.05, 0.1) is 22.0 Å². The van der Waals surface area contributed by atoms with Gasteiger partial charge in [-0.05, 0) is 31.2 Å². The number of morpholine rings is 1. The van der Waals surface area contributed by atoms with Crippen molar-refractivity contribution >= 4 is 27.3 Å². The summed E-state index contributed by atoms with van der Waals surface area (Å²) in [7, 11) is -2.06. The van der Waals surface area contributed by atoms with Crippen LogP contribution in [0.4, 0.5) is 0 Å². The third-order valence-electron chi connectivity index (χ3n) is 4.85. The highest BCUT2D eigenvalue weighted by molar-refractivity contribution is 7.89. The molecule has 140 valence electrons. The third-order valence-corrected chi connectivity index (χ3v) is 7.74. The van der Waals surface area contributed by atoms with Gasteiger partial charge < -0.3 is 10.1 Å². The molecule has 0 radical (unpaired) electrons. The number of hydrogen-bond donors (Lipinski definition) is 1. The van der Waals surface area contributed by atoms with Gasteiger partial charge >= 0.3 is 0 Å². The van der Waals surface area contributed by atoms with Crippen LogP contribution >= 0.6 is 11.3 Å². The molecule has 1 aliphatic carbocycles. The Kier molecular flexibility index (Phi) is 5.82. The lowest BCUT2D eigenvalue weighted by Crippen LogP contribution is -2.50. The average Bonchev–Trinajstić information content (AvgIpc) is 3.35. The van der Waals surface area contributed by atoms with E-state index in [2.05, 4.69) is 12.2 Å². The van der Waals surface area contributed by atoms with E-state index < -0.39 is 10.0 Å². The second-order valence-corrected chi connectivity index (χ2v) is 9.67.